The lowest BCUT2D eigenvalue weighted by Crippen LogP contribution is -2.11. The second kappa shape index (κ2) is 7.80. The number of hydrogen-bond acceptors (Lipinski definition) is 5. The smallest absolute Gasteiger partial charge is 0.193 e. The lowest BCUT2D eigenvalue weighted by molar-refractivity contribution is 0.103. The van der Waals surface area contributed by atoms with E-state index in [1.807, 2.05) is 6.07 Å². The predicted octanol–water partition coefficient (Wildman–Crippen LogP) is 3.41. The molecule has 132 valence electrons. The summed E-state index contributed by atoms with van der Waals surface area (Å²) in [6.07, 6.45) is 1.95. The minimum absolute atomic E-state index is 0.177. The van der Waals surface area contributed by atoms with Gasteiger partial charge in [0.2, 0.25) is 0 Å². The molecule has 0 aliphatic rings. The van der Waals surface area contributed by atoms with E-state index in [0.717, 1.165) is 0 Å². The highest BCUT2D eigenvalue weighted by Gasteiger charge is 2.23. The molecule has 0 radical (unpaired) electrons. The number of benzene rings is 2. The van der Waals surface area contributed by atoms with Gasteiger partial charge in [-0.2, -0.15) is 0 Å². The maximum atomic E-state index is 12.9. The number of ketones is 1. The summed E-state index contributed by atoms with van der Waals surface area (Å²) in [4.78, 5) is 17.0. The summed E-state index contributed by atoms with van der Waals surface area (Å²) in [5, 5.41) is 11.0. The molecule has 26 heavy (non-hydrogen) atoms. The Bertz CT molecular complexity index is 909. The number of hydrogen-bond donors (Lipinski definition) is 1. The Morgan fingerprint density at radius 2 is 1.77 bits per heavy atom. The standard InChI is InChI=1S/C21H19NO4/c1-25-15-8-9-19(26-2)17(12-15)21(24)18-13-22-11-10-16(18)20(23)14-6-4-3-5-7-14/h3-13,21,24H,1-2H3. The highest BCUT2D eigenvalue weighted by Crippen LogP contribution is 2.34. The second-order valence-corrected chi connectivity index (χ2v) is 5.67. The summed E-state index contributed by atoms with van der Waals surface area (Å²) in [6, 6.07) is 15.7. The molecule has 5 heteroatoms. The van der Waals surface area contributed by atoms with Crippen molar-refractivity contribution in [3.8, 4) is 11.5 Å². The zero-order valence-corrected chi connectivity index (χ0v) is 14.5. The number of aromatic nitrogens is 1. The zero-order valence-electron chi connectivity index (χ0n) is 14.5. The van der Waals surface area contributed by atoms with Crippen molar-refractivity contribution < 1.29 is 19.4 Å². The van der Waals surface area contributed by atoms with E-state index in [1.165, 1.54) is 19.5 Å². The normalized spacial score (nSPS) is 11.7. The summed E-state index contributed by atoms with van der Waals surface area (Å²) < 4.78 is 10.6. The fourth-order valence-electron chi connectivity index (χ4n) is 2.80. The Balaban J connectivity index is 2.07. The van der Waals surface area contributed by atoms with Crippen LogP contribution >= 0.6 is 0 Å². The van der Waals surface area contributed by atoms with E-state index in [2.05, 4.69) is 4.98 Å². The molecule has 1 atom stereocenters. The molecule has 0 fully saturated rings. The number of carbonyl (C=O) groups excluding carboxylic acids is 1. The first kappa shape index (κ1) is 17.6. The molecule has 1 heterocycles. The maximum Gasteiger partial charge on any atom is 0.193 e. The van der Waals surface area contributed by atoms with Crippen LogP contribution in [-0.2, 0) is 0 Å². The van der Waals surface area contributed by atoms with Gasteiger partial charge in [-0.15, -0.1) is 0 Å². The molecular weight excluding hydrogens is 330 g/mol. The van der Waals surface area contributed by atoms with Crippen molar-refractivity contribution in [2.45, 2.75) is 6.10 Å². The number of methoxy groups -OCH3 is 2. The number of aliphatic hydroxyl groups is 1. The van der Waals surface area contributed by atoms with Gasteiger partial charge in [0.05, 0.1) is 14.2 Å². The fourth-order valence-corrected chi connectivity index (χ4v) is 2.80. The molecule has 0 bridgehead atoms. The van der Waals surface area contributed by atoms with Crippen LogP contribution in [0.1, 0.15) is 33.2 Å². The summed E-state index contributed by atoms with van der Waals surface area (Å²) in [7, 11) is 3.07. The van der Waals surface area contributed by atoms with Crippen LogP contribution in [0.5, 0.6) is 11.5 Å². The molecule has 1 N–H and O–H groups in total. The number of nitrogens with zero attached hydrogens (tertiary/aromatic N) is 1. The Morgan fingerprint density at radius 3 is 2.46 bits per heavy atom. The molecule has 0 aliphatic heterocycles. The van der Waals surface area contributed by atoms with Crippen LogP contribution in [0.3, 0.4) is 0 Å². The minimum atomic E-state index is -1.09. The van der Waals surface area contributed by atoms with Crippen LogP contribution < -0.4 is 9.47 Å². The first-order valence-corrected chi connectivity index (χ1v) is 8.09. The molecule has 3 rings (SSSR count). The molecule has 1 aromatic heterocycles. The van der Waals surface area contributed by atoms with E-state index >= 15 is 0 Å². The third-order valence-electron chi connectivity index (χ3n) is 4.16. The fraction of sp³-hybridized carbons (Fsp3) is 0.143. The molecule has 0 saturated carbocycles. The topological polar surface area (TPSA) is 68.7 Å². The van der Waals surface area contributed by atoms with E-state index < -0.39 is 6.10 Å². The lowest BCUT2D eigenvalue weighted by Gasteiger charge is -2.18. The van der Waals surface area contributed by atoms with Gasteiger partial charge in [-0.25, -0.2) is 0 Å². The Kier molecular flexibility index (Phi) is 5.29. The molecule has 3 aromatic rings. The van der Waals surface area contributed by atoms with E-state index in [-0.39, 0.29) is 5.78 Å². The molecule has 0 aliphatic carbocycles. The van der Waals surface area contributed by atoms with Crippen molar-refractivity contribution in [2.75, 3.05) is 14.2 Å². The highest BCUT2D eigenvalue weighted by atomic mass is 16.5. The average Bonchev–Trinajstić information content (AvgIpc) is 2.72. The van der Waals surface area contributed by atoms with Crippen molar-refractivity contribution in [2.24, 2.45) is 0 Å². The highest BCUT2D eigenvalue weighted by molar-refractivity contribution is 6.09. The van der Waals surface area contributed by atoms with Crippen molar-refractivity contribution in [1.82, 2.24) is 4.98 Å². The van der Waals surface area contributed by atoms with Crippen LogP contribution in [0.4, 0.5) is 0 Å². The van der Waals surface area contributed by atoms with Crippen LogP contribution in [-0.4, -0.2) is 30.1 Å². The molecule has 0 spiro atoms. The Labute approximate surface area is 151 Å². The van der Waals surface area contributed by atoms with Gasteiger partial charge in [-0.3, -0.25) is 9.78 Å². The summed E-state index contributed by atoms with van der Waals surface area (Å²) in [6.45, 7) is 0. The number of aliphatic hydroxyl groups excluding tert-OH is 1. The first-order valence-electron chi connectivity index (χ1n) is 8.09. The monoisotopic (exact) mass is 349 g/mol. The van der Waals surface area contributed by atoms with E-state index in [1.54, 1.807) is 55.6 Å². The van der Waals surface area contributed by atoms with E-state index in [4.69, 9.17) is 9.47 Å². The third kappa shape index (κ3) is 3.43. The Morgan fingerprint density at radius 1 is 1.00 bits per heavy atom. The molecule has 0 amide bonds. The van der Waals surface area contributed by atoms with Crippen LogP contribution in [0.15, 0.2) is 67.0 Å². The summed E-state index contributed by atoms with van der Waals surface area (Å²) in [5.41, 5.74) is 1.85. The Hall–Kier alpha value is -3.18. The predicted molar refractivity (Wildman–Crippen MR) is 97.7 cm³/mol. The number of ether oxygens (including phenoxy) is 2. The number of rotatable bonds is 6. The minimum Gasteiger partial charge on any atom is -0.497 e. The largest absolute Gasteiger partial charge is 0.497 e. The summed E-state index contributed by atoms with van der Waals surface area (Å²) in [5.74, 6) is 0.906. The molecule has 0 saturated heterocycles. The van der Waals surface area contributed by atoms with Crippen LogP contribution in [0.25, 0.3) is 0 Å². The number of pyridine rings is 1. The van der Waals surface area contributed by atoms with Gasteiger partial charge in [-0.1, -0.05) is 30.3 Å². The zero-order chi connectivity index (χ0) is 18.5. The lowest BCUT2D eigenvalue weighted by atomic mass is 9.93. The van der Waals surface area contributed by atoms with Gasteiger partial charge in [0, 0.05) is 34.6 Å². The summed E-state index contributed by atoms with van der Waals surface area (Å²) >= 11 is 0. The van der Waals surface area contributed by atoms with Gasteiger partial charge in [-0.05, 0) is 24.3 Å². The van der Waals surface area contributed by atoms with Gasteiger partial charge >= 0.3 is 0 Å². The first-order chi connectivity index (χ1) is 12.7. The molecule has 2 aromatic carbocycles. The van der Waals surface area contributed by atoms with Crippen molar-refractivity contribution in [1.29, 1.82) is 0 Å². The second-order valence-electron chi connectivity index (χ2n) is 5.67. The van der Waals surface area contributed by atoms with Crippen LogP contribution in [0, 0.1) is 0 Å². The van der Waals surface area contributed by atoms with Crippen molar-refractivity contribution in [3.63, 3.8) is 0 Å². The van der Waals surface area contributed by atoms with Gasteiger partial charge in [0.15, 0.2) is 5.78 Å². The van der Waals surface area contributed by atoms with Crippen molar-refractivity contribution >= 4 is 5.78 Å². The molecular formula is C21H19NO4. The van der Waals surface area contributed by atoms with Gasteiger partial charge < -0.3 is 14.6 Å². The quantitative estimate of drug-likeness (QED) is 0.691. The maximum absolute atomic E-state index is 12.9. The van der Waals surface area contributed by atoms with Crippen LogP contribution in [0.2, 0.25) is 0 Å². The van der Waals surface area contributed by atoms with E-state index in [0.29, 0.717) is 33.8 Å². The van der Waals surface area contributed by atoms with E-state index in [9.17, 15) is 9.90 Å². The third-order valence-corrected chi connectivity index (χ3v) is 4.16. The molecule has 1 unspecified atom stereocenters. The van der Waals surface area contributed by atoms with Crippen molar-refractivity contribution in [3.05, 3.63) is 89.2 Å². The van der Waals surface area contributed by atoms with Gasteiger partial charge in [0.1, 0.15) is 17.6 Å². The van der Waals surface area contributed by atoms with Gasteiger partial charge in [0.25, 0.3) is 0 Å². The number of carbonyl (C=O) groups is 1. The average molecular weight is 349 g/mol. The SMILES string of the molecule is COc1ccc(OC)c(C(O)c2cnccc2C(=O)c2ccccc2)c1. The molecule has 5 nitrogen and oxygen atoms in total.